The van der Waals surface area contributed by atoms with Gasteiger partial charge in [-0.3, -0.25) is 4.79 Å². The molecule has 0 unspecified atom stereocenters. The minimum absolute atomic E-state index is 0.0965. The van der Waals surface area contributed by atoms with Gasteiger partial charge in [0.25, 0.3) is 0 Å². The second kappa shape index (κ2) is 4.70. The Labute approximate surface area is 79.4 Å². The molecule has 60 valence electrons. The number of Topliss-reactive ketones (excluding diaryl/α,β-unsaturated/α-hetero) is 1. The summed E-state index contributed by atoms with van der Waals surface area (Å²) in [4.78, 5) is 10.4. The van der Waals surface area contributed by atoms with Crippen molar-refractivity contribution < 1.29 is 4.79 Å². The Morgan fingerprint density at radius 1 is 1.50 bits per heavy atom. The average Bonchev–Trinajstić information content (AvgIpc) is 1.59. The lowest BCUT2D eigenvalue weighted by Crippen LogP contribution is -2.07. The standard InChI is InChI=1S/C5H7Cl3OS/c1-4(9)2-10-3-5(6,7)8/h2-3H2,1H3. The maximum atomic E-state index is 10.4. The van der Waals surface area contributed by atoms with E-state index in [1.165, 1.54) is 18.7 Å². The molecular weight excluding hydrogens is 214 g/mol. The van der Waals surface area contributed by atoms with Gasteiger partial charge in [-0.15, -0.1) is 11.8 Å². The first-order valence-corrected chi connectivity index (χ1v) is 4.84. The molecule has 0 aromatic rings. The van der Waals surface area contributed by atoms with Crippen LogP contribution >= 0.6 is 46.6 Å². The summed E-state index contributed by atoms with van der Waals surface area (Å²) in [6, 6.07) is 0. The third kappa shape index (κ3) is 8.89. The molecule has 0 amide bonds. The number of hydrogen-bond donors (Lipinski definition) is 0. The summed E-state index contributed by atoms with van der Waals surface area (Å²) >= 11 is 17.6. The Hall–Kier alpha value is 0.890. The molecule has 0 aromatic carbocycles. The van der Waals surface area contributed by atoms with E-state index in [2.05, 4.69) is 0 Å². The van der Waals surface area contributed by atoms with Crippen molar-refractivity contribution in [1.82, 2.24) is 0 Å². The molecule has 0 aliphatic heterocycles. The quantitative estimate of drug-likeness (QED) is 0.682. The topological polar surface area (TPSA) is 17.1 Å². The molecule has 0 aromatic heterocycles. The van der Waals surface area contributed by atoms with Gasteiger partial charge in [-0.1, -0.05) is 34.8 Å². The largest absolute Gasteiger partial charge is 0.299 e. The first-order chi connectivity index (χ1) is 4.42. The first-order valence-electron chi connectivity index (χ1n) is 2.56. The second-order valence-corrected chi connectivity index (χ2v) is 5.31. The summed E-state index contributed by atoms with van der Waals surface area (Å²) in [7, 11) is 0. The van der Waals surface area contributed by atoms with Gasteiger partial charge in [0.1, 0.15) is 5.78 Å². The first kappa shape index (κ1) is 10.9. The minimum atomic E-state index is -1.24. The van der Waals surface area contributed by atoms with Crippen LogP contribution in [0, 0.1) is 0 Å². The fourth-order valence-corrected chi connectivity index (χ4v) is 1.63. The molecule has 5 heteroatoms. The molecule has 0 saturated carbocycles. The summed E-state index contributed by atoms with van der Waals surface area (Å²) in [5.74, 6) is 0.866. The van der Waals surface area contributed by atoms with Crippen LogP contribution < -0.4 is 0 Å². The van der Waals surface area contributed by atoms with E-state index in [0.717, 1.165) is 0 Å². The van der Waals surface area contributed by atoms with E-state index in [1.54, 1.807) is 0 Å². The van der Waals surface area contributed by atoms with Gasteiger partial charge in [0, 0.05) is 5.75 Å². The Morgan fingerprint density at radius 2 is 2.00 bits per heavy atom. The van der Waals surface area contributed by atoms with Crippen molar-refractivity contribution in [3.8, 4) is 0 Å². The number of hydrogen-bond acceptors (Lipinski definition) is 2. The Bertz CT molecular complexity index is 121. The van der Waals surface area contributed by atoms with E-state index in [9.17, 15) is 4.79 Å². The number of thioether (sulfide) groups is 1. The normalized spacial score (nSPS) is 11.6. The van der Waals surface area contributed by atoms with Crippen molar-refractivity contribution in [2.24, 2.45) is 0 Å². The molecule has 0 aliphatic rings. The molecule has 0 atom stereocenters. The molecule has 0 bridgehead atoms. The lowest BCUT2D eigenvalue weighted by atomic mass is 10.5. The fraction of sp³-hybridized carbons (Fsp3) is 0.800. The highest BCUT2D eigenvalue weighted by Gasteiger charge is 2.19. The van der Waals surface area contributed by atoms with Crippen LogP contribution in [0.3, 0.4) is 0 Å². The SMILES string of the molecule is CC(=O)CSCC(Cl)(Cl)Cl. The van der Waals surface area contributed by atoms with Gasteiger partial charge in [-0.05, 0) is 6.92 Å². The minimum Gasteiger partial charge on any atom is -0.299 e. The Morgan fingerprint density at radius 3 is 2.30 bits per heavy atom. The van der Waals surface area contributed by atoms with Crippen LogP contribution in [0.2, 0.25) is 0 Å². The fourth-order valence-electron chi connectivity index (χ4n) is 0.310. The number of alkyl halides is 3. The highest BCUT2D eigenvalue weighted by molar-refractivity contribution is 8.00. The lowest BCUT2D eigenvalue weighted by molar-refractivity contribution is -0.114. The molecule has 0 heterocycles. The van der Waals surface area contributed by atoms with E-state index in [1.807, 2.05) is 0 Å². The summed E-state index contributed by atoms with van der Waals surface area (Å²) in [5, 5.41) is 0. The molecule has 0 rings (SSSR count). The van der Waals surface area contributed by atoms with Crippen molar-refractivity contribution >= 4 is 52.3 Å². The highest BCUT2D eigenvalue weighted by atomic mass is 35.6. The predicted molar refractivity (Wildman–Crippen MR) is 48.3 cm³/mol. The van der Waals surface area contributed by atoms with E-state index in [0.29, 0.717) is 11.5 Å². The van der Waals surface area contributed by atoms with Crippen molar-refractivity contribution in [3.63, 3.8) is 0 Å². The van der Waals surface area contributed by atoms with Crippen molar-refractivity contribution in [2.45, 2.75) is 10.7 Å². The predicted octanol–water partition coefficient (Wildman–Crippen LogP) is 2.68. The number of rotatable bonds is 3. The van der Waals surface area contributed by atoms with Crippen LogP contribution in [0.1, 0.15) is 6.92 Å². The number of carbonyl (C=O) groups is 1. The average molecular weight is 222 g/mol. The van der Waals surface area contributed by atoms with E-state index < -0.39 is 3.79 Å². The third-order valence-corrected chi connectivity index (χ3v) is 2.70. The van der Waals surface area contributed by atoms with Gasteiger partial charge in [-0.25, -0.2) is 0 Å². The van der Waals surface area contributed by atoms with E-state index in [-0.39, 0.29) is 5.78 Å². The maximum Gasteiger partial charge on any atom is 0.199 e. The Balaban J connectivity index is 3.29. The van der Waals surface area contributed by atoms with Gasteiger partial charge in [0.05, 0.1) is 5.75 Å². The molecular formula is C5H7Cl3OS. The third-order valence-electron chi connectivity index (χ3n) is 0.571. The smallest absolute Gasteiger partial charge is 0.199 e. The van der Waals surface area contributed by atoms with Crippen LogP contribution in [0.5, 0.6) is 0 Å². The van der Waals surface area contributed by atoms with Crippen LogP contribution in [0.25, 0.3) is 0 Å². The zero-order valence-electron chi connectivity index (χ0n) is 5.36. The number of halogens is 3. The molecule has 0 aliphatic carbocycles. The van der Waals surface area contributed by atoms with Crippen LogP contribution in [-0.2, 0) is 4.79 Å². The van der Waals surface area contributed by atoms with Gasteiger partial charge in [0.15, 0.2) is 3.79 Å². The summed E-state index contributed by atoms with van der Waals surface area (Å²) in [6.45, 7) is 1.51. The zero-order chi connectivity index (χ0) is 8.20. The van der Waals surface area contributed by atoms with Crippen LogP contribution in [0.4, 0.5) is 0 Å². The Kier molecular flexibility index (Phi) is 5.12. The van der Waals surface area contributed by atoms with E-state index >= 15 is 0 Å². The molecule has 0 spiro atoms. The second-order valence-electron chi connectivity index (χ2n) is 1.81. The van der Waals surface area contributed by atoms with Gasteiger partial charge in [0.2, 0.25) is 0 Å². The molecule has 10 heavy (non-hydrogen) atoms. The van der Waals surface area contributed by atoms with Gasteiger partial charge in [-0.2, -0.15) is 0 Å². The summed E-state index contributed by atoms with van der Waals surface area (Å²) in [5.41, 5.74) is 0. The van der Waals surface area contributed by atoms with Crippen LogP contribution in [0.15, 0.2) is 0 Å². The van der Waals surface area contributed by atoms with E-state index in [4.69, 9.17) is 34.8 Å². The van der Waals surface area contributed by atoms with Crippen LogP contribution in [-0.4, -0.2) is 21.1 Å². The molecule has 0 saturated heterocycles. The molecule has 1 nitrogen and oxygen atoms in total. The number of ketones is 1. The molecule has 0 fully saturated rings. The number of carbonyl (C=O) groups excluding carboxylic acids is 1. The summed E-state index contributed by atoms with van der Waals surface area (Å²) < 4.78 is -1.24. The van der Waals surface area contributed by atoms with Gasteiger partial charge < -0.3 is 0 Å². The van der Waals surface area contributed by atoms with Crippen molar-refractivity contribution in [2.75, 3.05) is 11.5 Å². The summed E-state index contributed by atoms with van der Waals surface area (Å²) in [6.07, 6.45) is 0. The maximum absolute atomic E-state index is 10.4. The monoisotopic (exact) mass is 220 g/mol. The van der Waals surface area contributed by atoms with Crippen molar-refractivity contribution in [3.05, 3.63) is 0 Å². The zero-order valence-corrected chi connectivity index (χ0v) is 8.45. The van der Waals surface area contributed by atoms with Crippen molar-refractivity contribution in [1.29, 1.82) is 0 Å². The van der Waals surface area contributed by atoms with Gasteiger partial charge >= 0.3 is 0 Å². The lowest BCUT2D eigenvalue weighted by Gasteiger charge is -2.07. The molecule has 0 N–H and O–H groups in total. The highest BCUT2D eigenvalue weighted by Crippen LogP contribution is 2.29. The molecule has 0 radical (unpaired) electrons.